The summed E-state index contributed by atoms with van der Waals surface area (Å²) in [6.07, 6.45) is 14.4. The highest BCUT2D eigenvalue weighted by molar-refractivity contribution is 7.99. The Hall–Kier alpha value is -0.150. The lowest BCUT2D eigenvalue weighted by Gasteiger charge is -2.30. The first-order valence-corrected chi connectivity index (χ1v) is 7.74. The molecule has 1 N–H and O–H groups in total. The van der Waals surface area contributed by atoms with Crippen molar-refractivity contribution in [2.24, 2.45) is 0 Å². The SMILES string of the molecule is CSC1CCC(NCC2CCC=CO2)CC1. The molecule has 1 fully saturated rings. The van der Waals surface area contributed by atoms with Crippen LogP contribution in [-0.4, -0.2) is 30.2 Å². The van der Waals surface area contributed by atoms with Gasteiger partial charge in [0.05, 0.1) is 6.26 Å². The van der Waals surface area contributed by atoms with Gasteiger partial charge in [-0.3, -0.25) is 0 Å². The number of rotatable bonds is 4. The maximum Gasteiger partial charge on any atom is 0.110 e. The Kier molecular flexibility index (Phi) is 5.04. The second-order valence-electron chi connectivity index (χ2n) is 4.82. The van der Waals surface area contributed by atoms with Gasteiger partial charge in [0.25, 0.3) is 0 Å². The monoisotopic (exact) mass is 241 g/mol. The van der Waals surface area contributed by atoms with E-state index in [2.05, 4.69) is 17.6 Å². The molecule has 2 aliphatic rings. The molecule has 1 aliphatic carbocycles. The quantitative estimate of drug-likeness (QED) is 0.817. The zero-order valence-corrected chi connectivity index (χ0v) is 11.0. The maximum absolute atomic E-state index is 5.56. The molecule has 0 radical (unpaired) electrons. The maximum atomic E-state index is 5.56. The summed E-state index contributed by atoms with van der Waals surface area (Å²) < 4.78 is 5.56. The van der Waals surface area contributed by atoms with E-state index in [0.717, 1.165) is 17.8 Å². The predicted octanol–water partition coefficient (Wildman–Crippen LogP) is 2.94. The van der Waals surface area contributed by atoms with E-state index in [1.807, 2.05) is 18.0 Å². The van der Waals surface area contributed by atoms with E-state index in [0.29, 0.717) is 6.10 Å². The Morgan fingerprint density at radius 1 is 1.25 bits per heavy atom. The highest BCUT2D eigenvalue weighted by Gasteiger charge is 2.21. The third-order valence-corrected chi connectivity index (χ3v) is 4.80. The standard InChI is InChI=1S/C13H23NOS/c1-16-13-7-5-11(6-8-13)14-10-12-4-2-3-9-15-12/h3,9,11-14H,2,4-8,10H2,1H3. The molecule has 1 saturated carbocycles. The molecule has 1 atom stereocenters. The van der Waals surface area contributed by atoms with E-state index in [1.54, 1.807) is 0 Å². The van der Waals surface area contributed by atoms with Crippen molar-refractivity contribution >= 4 is 11.8 Å². The van der Waals surface area contributed by atoms with Crippen molar-refractivity contribution in [1.29, 1.82) is 0 Å². The summed E-state index contributed by atoms with van der Waals surface area (Å²) in [4.78, 5) is 0. The summed E-state index contributed by atoms with van der Waals surface area (Å²) in [5.74, 6) is 0. The van der Waals surface area contributed by atoms with Crippen LogP contribution in [0, 0.1) is 0 Å². The van der Waals surface area contributed by atoms with Gasteiger partial charge in [0.15, 0.2) is 0 Å². The molecule has 92 valence electrons. The number of allylic oxidation sites excluding steroid dienone is 1. The topological polar surface area (TPSA) is 21.3 Å². The lowest BCUT2D eigenvalue weighted by Crippen LogP contribution is -2.39. The van der Waals surface area contributed by atoms with Crippen LogP contribution >= 0.6 is 11.8 Å². The van der Waals surface area contributed by atoms with E-state index < -0.39 is 0 Å². The minimum absolute atomic E-state index is 0.406. The molecule has 2 nitrogen and oxygen atoms in total. The molecule has 0 bridgehead atoms. The molecule has 0 aromatic heterocycles. The van der Waals surface area contributed by atoms with Gasteiger partial charge in [-0.15, -0.1) is 0 Å². The van der Waals surface area contributed by atoms with Crippen LogP contribution in [0.3, 0.4) is 0 Å². The van der Waals surface area contributed by atoms with Crippen molar-refractivity contribution in [3.05, 3.63) is 12.3 Å². The van der Waals surface area contributed by atoms with Crippen LogP contribution in [0.1, 0.15) is 38.5 Å². The molecule has 0 spiro atoms. The van der Waals surface area contributed by atoms with Gasteiger partial charge in [0.2, 0.25) is 0 Å². The highest BCUT2D eigenvalue weighted by Crippen LogP contribution is 2.26. The fourth-order valence-electron chi connectivity index (χ4n) is 2.54. The van der Waals surface area contributed by atoms with E-state index >= 15 is 0 Å². The number of nitrogens with one attached hydrogen (secondary N) is 1. The summed E-state index contributed by atoms with van der Waals surface area (Å²) >= 11 is 2.03. The highest BCUT2D eigenvalue weighted by atomic mass is 32.2. The van der Waals surface area contributed by atoms with Gasteiger partial charge >= 0.3 is 0 Å². The first-order valence-electron chi connectivity index (χ1n) is 6.45. The van der Waals surface area contributed by atoms with Crippen LogP contribution < -0.4 is 5.32 Å². The summed E-state index contributed by atoms with van der Waals surface area (Å²) in [6.45, 7) is 1.03. The van der Waals surface area contributed by atoms with E-state index in [1.165, 1.54) is 38.5 Å². The van der Waals surface area contributed by atoms with Crippen LogP contribution in [0.2, 0.25) is 0 Å². The summed E-state index contributed by atoms with van der Waals surface area (Å²) in [7, 11) is 0. The molecule has 1 aliphatic heterocycles. The molecule has 0 amide bonds. The molecule has 1 heterocycles. The first kappa shape index (κ1) is 12.3. The lowest BCUT2D eigenvalue weighted by atomic mass is 9.95. The third-order valence-electron chi connectivity index (χ3n) is 3.66. The van der Waals surface area contributed by atoms with Gasteiger partial charge < -0.3 is 10.1 Å². The number of thioether (sulfide) groups is 1. The largest absolute Gasteiger partial charge is 0.497 e. The van der Waals surface area contributed by atoms with Gasteiger partial charge in [0, 0.05) is 17.8 Å². The lowest BCUT2D eigenvalue weighted by molar-refractivity contribution is 0.117. The van der Waals surface area contributed by atoms with Gasteiger partial charge in [-0.1, -0.05) is 0 Å². The molecular formula is C13H23NOS. The van der Waals surface area contributed by atoms with Crippen molar-refractivity contribution in [2.75, 3.05) is 12.8 Å². The Balaban J connectivity index is 1.61. The zero-order valence-electron chi connectivity index (χ0n) is 10.2. The average Bonchev–Trinajstić information content (AvgIpc) is 2.38. The normalized spacial score (nSPS) is 34.7. The number of hydrogen-bond donors (Lipinski definition) is 1. The molecule has 2 rings (SSSR count). The second-order valence-corrected chi connectivity index (χ2v) is 5.96. The summed E-state index contributed by atoms with van der Waals surface area (Å²) in [5.41, 5.74) is 0. The predicted molar refractivity (Wildman–Crippen MR) is 70.8 cm³/mol. The fourth-order valence-corrected chi connectivity index (χ4v) is 3.28. The number of ether oxygens (including phenoxy) is 1. The molecule has 0 aromatic rings. The third kappa shape index (κ3) is 3.70. The van der Waals surface area contributed by atoms with Crippen molar-refractivity contribution in [3.63, 3.8) is 0 Å². The van der Waals surface area contributed by atoms with E-state index in [4.69, 9.17) is 4.74 Å². The van der Waals surface area contributed by atoms with E-state index in [9.17, 15) is 0 Å². The van der Waals surface area contributed by atoms with Crippen LogP contribution in [0.15, 0.2) is 12.3 Å². The second kappa shape index (κ2) is 6.55. The zero-order chi connectivity index (χ0) is 11.2. The average molecular weight is 241 g/mol. The van der Waals surface area contributed by atoms with Crippen molar-refractivity contribution in [3.8, 4) is 0 Å². The summed E-state index contributed by atoms with van der Waals surface area (Å²) in [6, 6.07) is 0.734. The van der Waals surface area contributed by atoms with Gasteiger partial charge in [-0.05, 0) is 50.9 Å². The van der Waals surface area contributed by atoms with Crippen LogP contribution in [0.5, 0.6) is 0 Å². The van der Waals surface area contributed by atoms with Crippen molar-refractivity contribution in [1.82, 2.24) is 5.32 Å². The van der Waals surface area contributed by atoms with Gasteiger partial charge in [-0.2, -0.15) is 11.8 Å². The molecule has 3 heteroatoms. The van der Waals surface area contributed by atoms with Gasteiger partial charge in [-0.25, -0.2) is 0 Å². The minimum atomic E-state index is 0.406. The molecule has 16 heavy (non-hydrogen) atoms. The Bertz CT molecular complexity index is 224. The van der Waals surface area contributed by atoms with Crippen LogP contribution in [0.25, 0.3) is 0 Å². The molecule has 0 saturated heterocycles. The Labute approximate surface area is 103 Å². The number of hydrogen-bond acceptors (Lipinski definition) is 3. The first-order chi connectivity index (χ1) is 7.88. The van der Waals surface area contributed by atoms with Crippen LogP contribution in [0.4, 0.5) is 0 Å². The Morgan fingerprint density at radius 3 is 2.69 bits per heavy atom. The smallest absolute Gasteiger partial charge is 0.110 e. The molecule has 0 aromatic carbocycles. The Morgan fingerprint density at radius 2 is 2.06 bits per heavy atom. The van der Waals surface area contributed by atoms with Crippen molar-refractivity contribution < 1.29 is 4.74 Å². The summed E-state index contributed by atoms with van der Waals surface area (Å²) in [5, 5.41) is 4.58. The fraction of sp³-hybridized carbons (Fsp3) is 0.846. The van der Waals surface area contributed by atoms with E-state index in [-0.39, 0.29) is 0 Å². The van der Waals surface area contributed by atoms with Crippen LogP contribution in [-0.2, 0) is 4.74 Å². The molecule has 1 unspecified atom stereocenters. The van der Waals surface area contributed by atoms with Crippen molar-refractivity contribution in [2.45, 2.75) is 55.9 Å². The molecular weight excluding hydrogens is 218 g/mol. The minimum Gasteiger partial charge on any atom is -0.497 e. The van der Waals surface area contributed by atoms with Gasteiger partial charge in [0.1, 0.15) is 6.10 Å².